The predicted octanol–water partition coefficient (Wildman–Crippen LogP) is 4.68. The molecule has 0 unspecified atom stereocenters. The summed E-state index contributed by atoms with van der Waals surface area (Å²) in [7, 11) is 3.20. The third-order valence-corrected chi connectivity index (χ3v) is 4.87. The van der Waals surface area contributed by atoms with E-state index in [-0.39, 0.29) is 5.78 Å². The maximum Gasteiger partial charge on any atom is 0.193 e. The van der Waals surface area contributed by atoms with Crippen LogP contribution in [-0.2, 0) is 0 Å². The highest BCUT2D eigenvalue weighted by Gasteiger charge is 2.25. The Labute approximate surface area is 154 Å². The lowest BCUT2D eigenvalue weighted by atomic mass is 9.92. The molecule has 2 aromatic rings. The van der Waals surface area contributed by atoms with Crippen LogP contribution >= 0.6 is 0 Å². The Morgan fingerprint density at radius 2 is 1.73 bits per heavy atom. The van der Waals surface area contributed by atoms with Crippen LogP contribution in [-0.4, -0.2) is 26.6 Å². The van der Waals surface area contributed by atoms with Gasteiger partial charge in [0.2, 0.25) is 0 Å². The van der Waals surface area contributed by atoms with Gasteiger partial charge in [0.15, 0.2) is 17.3 Å². The van der Waals surface area contributed by atoms with Gasteiger partial charge in [-0.25, -0.2) is 0 Å². The van der Waals surface area contributed by atoms with Crippen LogP contribution in [0.15, 0.2) is 29.8 Å². The zero-order valence-electron chi connectivity index (χ0n) is 15.9. The number of aryl methyl sites for hydroxylation is 2. The molecule has 0 aliphatic carbocycles. The minimum Gasteiger partial charge on any atom is -0.493 e. The van der Waals surface area contributed by atoms with Crippen molar-refractivity contribution in [2.45, 2.75) is 27.2 Å². The summed E-state index contributed by atoms with van der Waals surface area (Å²) in [5.74, 6) is 2.07. The first-order valence-corrected chi connectivity index (χ1v) is 8.67. The molecule has 0 radical (unpaired) electrons. The first-order chi connectivity index (χ1) is 12.5. The van der Waals surface area contributed by atoms with E-state index in [1.54, 1.807) is 14.2 Å². The Morgan fingerprint density at radius 1 is 1.00 bits per heavy atom. The number of ketones is 1. The van der Waals surface area contributed by atoms with Crippen LogP contribution in [0.4, 0.5) is 0 Å². The predicted molar refractivity (Wildman–Crippen MR) is 103 cm³/mol. The van der Waals surface area contributed by atoms with Gasteiger partial charge in [0.05, 0.1) is 26.4 Å². The number of hydrogen-bond donors (Lipinski definition) is 0. The number of rotatable bonds is 3. The molecule has 4 heteroatoms. The van der Waals surface area contributed by atoms with Gasteiger partial charge >= 0.3 is 0 Å². The molecule has 3 rings (SSSR count). The van der Waals surface area contributed by atoms with Crippen molar-refractivity contribution < 1.29 is 19.0 Å². The second-order valence-corrected chi connectivity index (χ2v) is 6.55. The van der Waals surface area contributed by atoms with E-state index in [1.807, 2.05) is 45.0 Å². The van der Waals surface area contributed by atoms with Crippen LogP contribution in [0.25, 0.3) is 6.08 Å². The van der Waals surface area contributed by atoms with Crippen molar-refractivity contribution in [3.05, 3.63) is 57.7 Å². The highest BCUT2D eigenvalue weighted by molar-refractivity contribution is 6.14. The lowest BCUT2D eigenvalue weighted by Gasteiger charge is -2.14. The molecule has 0 spiro atoms. The van der Waals surface area contributed by atoms with Crippen molar-refractivity contribution in [3.63, 3.8) is 0 Å². The monoisotopic (exact) mass is 352 g/mol. The van der Waals surface area contributed by atoms with Gasteiger partial charge in [-0.1, -0.05) is 12.1 Å². The maximum atomic E-state index is 13.2. The molecule has 1 aliphatic rings. The summed E-state index contributed by atoms with van der Waals surface area (Å²) in [6, 6.07) is 7.69. The molecule has 2 aromatic carbocycles. The lowest BCUT2D eigenvalue weighted by molar-refractivity contribution is 0.103. The van der Waals surface area contributed by atoms with Gasteiger partial charge in [-0.15, -0.1) is 0 Å². The number of carbonyl (C=O) groups is 1. The quantitative estimate of drug-likeness (QED) is 0.753. The number of ether oxygens (including phenoxy) is 3. The van der Waals surface area contributed by atoms with Crippen LogP contribution in [0.2, 0.25) is 0 Å². The highest BCUT2D eigenvalue weighted by atomic mass is 16.5. The molecule has 0 saturated carbocycles. The molecule has 0 amide bonds. The van der Waals surface area contributed by atoms with E-state index in [4.69, 9.17) is 14.2 Å². The van der Waals surface area contributed by atoms with Crippen LogP contribution in [0.3, 0.4) is 0 Å². The van der Waals surface area contributed by atoms with Crippen molar-refractivity contribution in [3.8, 4) is 17.2 Å². The van der Waals surface area contributed by atoms with Crippen molar-refractivity contribution in [2.75, 3.05) is 20.8 Å². The largest absolute Gasteiger partial charge is 0.493 e. The van der Waals surface area contributed by atoms with Crippen molar-refractivity contribution in [1.82, 2.24) is 0 Å². The van der Waals surface area contributed by atoms with E-state index in [9.17, 15) is 4.79 Å². The number of Topliss-reactive ketones (excluding diaryl/α,β-unsaturated/α-hetero) is 1. The van der Waals surface area contributed by atoms with E-state index in [2.05, 4.69) is 6.07 Å². The van der Waals surface area contributed by atoms with Crippen molar-refractivity contribution in [1.29, 1.82) is 0 Å². The maximum absolute atomic E-state index is 13.2. The molecule has 26 heavy (non-hydrogen) atoms. The summed E-state index contributed by atoms with van der Waals surface area (Å²) in [6.07, 6.45) is 2.48. The number of carbonyl (C=O) groups excluding carboxylic acids is 1. The molecule has 0 bridgehead atoms. The lowest BCUT2D eigenvalue weighted by Crippen LogP contribution is -2.06. The highest BCUT2D eigenvalue weighted by Crippen LogP contribution is 2.35. The standard InChI is InChI=1S/C22H24O4/c1-13-10-14(2)20-21(23)17(8-9-26-22(20)15(13)3)11-16-6-7-18(24-4)19(12-16)25-5/h6-7,10-12H,8-9H2,1-5H3/b17-11-. The van der Waals surface area contributed by atoms with Gasteiger partial charge in [-0.3, -0.25) is 4.79 Å². The Balaban J connectivity index is 2.06. The average molecular weight is 352 g/mol. The van der Waals surface area contributed by atoms with E-state index in [1.165, 1.54) is 0 Å². The fraction of sp³-hybridized carbons (Fsp3) is 0.318. The summed E-state index contributed by atoms with van der Waals surface area (Å²) in [4.78, 5) is 13.2. The van der Waals surface area contributed by atoms with E-state index in [0.717, 1.165) is 33.6 Å². The average Bonchev–Trinajstić information content (AvgIpc) is 2.79. The SMILES string of the molecule is COc1ccc(/C=C2/CCOc3c(C)c(C)cc(C)c3C2=O)cc1OC. The molecule has 0 fully saturated rings. The van der Waals surface area contributed by atoms with Gasteiger partial charge in [0.25, 0.3) is 0 Å². The van der Waals surface area contributed by atoms with E-state index in [0.29, 0.717) is 30.1 Å². The summed E-state index contributed by atoms with van der Waals surface area (Å²) in [5.41, 5.74) is 5.44. The summed E-state index contributed by atoms with van der Waals surface area (Å²) < 4.78 is 16.6. The van der Waals surface area contributed by atoms with Crippen LogP contribution in [0.1, 0.15) is 39.0 Å². The van der Waals surface area contributed by atoms with E-state index < -0.39 is 0 Å². The minimum absolute atomic E-state index is 0.0351. The normalized spacial score (nSPS) is 15.3. The van der Waals surface area contributed by atoms with Gasteiger partial charge < -0.3 is 14.2 Å². The fourth-order valence-corrected chi connectivity index (χ4v) is 3.33. The minimum atomic E-state index is 0.0351. The van der Waals surface area contributed by atoms with Crippen LogP contribution in [0.5, 0.6) is 17.2 Å². The first-order valence-electron chi connectivity index (χ1n) is 8.67. The number of methoxy groups -OCH3 is 2. The number of benzene rings is 2. The first kappa shape index (κ1) is 18.1. The molecule has 0 aromatic heterocycles. The third-order valence-electron chi connectivity index (χ3n) is 4.87. The van der Waals surface area contributed by atoms with Crippen molar-refractivity contribution in [2.24, 2.45) is 0 Å². The van der Waals surface area contributed by atoms with Crippen LogP contribution in [0, 0.1) is 20.8 Å². The molecular weight excluding hydrogens is 328 g/mol. The Kier molecular flexibility index (Phi) is 5.03. The molecule has 0 N–H and O–H groups in total. The van der Waals surface area contributed by atoms with Crippen molar-refractivity contribution >= 4 is 11.9 Å². The summed E-state index contributed by atoms with van der Waals surface area (Å²) >= 11 is 0. The molecule has 0 atom stereocenters. The molecule has 136 valence electrons. The molecule has 1 heterocycles. The fourth-order valence-electron chi connectivity index (χ4n) is 3.33. The van der Waals surface area contributed by atoms with E-state index >= 15 is 0 Å². The van der Waals surface area contributed by atoms with Crippen LogP contribution < -0.4 is 14.2 Å². The Bertz CT molecular complexity index is 894. The van der Waals surface area contributed by atoms with Gasteiger partial charge in [-0.05, 0) is 61.2 Å². The third kappa shape index (κ3) is 3.19. The van der Waals surface area contributed by atoms with Gasteiger partial charge in [0, 0.05) is 12.0 Å². The van der Waals surface area contributed by atoms with Gasteiger partial charge in [-0.2, -0.15) is 0 Å². The molecular formula is C22H24O4. The zero-order valence-corrected chi connectivity index (χ0v) is 15.9. The Morgan fingerprint density at radius 3 is 2.42 bits per heavy atom. The smallest absolute Gasteiger partial charge is 0.193 e. The number of hydrogen-bond acceptors (Lipinski definition) is 4. The number of fused-ring (bicyclic) bond motifs is 1. The molecule has 0 saturated heterocycles. The Hall–Kier alpha value is -2.75. The second-order valence-electron chi connectivity index (χ2n) is 6.55. The summed E-state index contributed by atoms with van der Waals surface area (Å²) in [6.45, 7) is 6.50. The molecule has 1 aliphatic heterocycles. The topological polar surface area (TPSA) is 44.8 Å². The summed E-state index contributed by atoms with van der Waals surface area (Å²) in [5, 5.41) is 0. The molecule has 4 nitrogen and oxygen atoms in total. The second kappa shape index (κ2) is 7.24. The zero-order chi connectivity index (χ0) is 18.8. The van der Waals surface area contributed by atoms with Gasteiger partial charge in [0.1, 0.15) is 5.75 Å².